The van der Waals surface area contributed by atoms with Crippen molar-refractivity contribution in [2.24, 2.45) is 5.92 Å². The summed E-state index contributed by atoms with van der Waals surface area (Å²) in [6, 6.07) is 1.58. The van der Waals surface area contributed by atoms with Crippen LogP contribution in [0.3, 0.4) is 0 Å². The fourth-order valence-electron chi connectivity index (χ4n) is 4.13. The number of carbonyl (C=O) groups excluding carboxylic acids is 1. The lowest BCUT2D eigenvalue weighted by Gasteiger charge is -2.27. The Morgan fingerprint density at radius 2 is 2.18 bits per heavy atom. The van der Waals surface area contributed by atoms with Crippen LogP contribution >= 0.6 is 0 Å². The zero-order valence-corrected chi connectivity index (χ0v) is 15.9. The van der Waals surface area contributed by atoms with Gasteiger partial charge in [0.25, 0.3) is 0 Å². The lowest BCUT2D eigenvalue weighted by molar-refractivity contribution is -0.0457. The predicted octanol–water partition coefficient (Wildman–Crippen LogP) is 2.81. The van der Waals surface area contributed by atoms with Crippen LogP contribution < -0.4 is 5.32 Å². The van der Waals surface area contributed by atoms with Crippen molar-refractivity contribution in [3.8, 4) is 0 Å². The van der Waals surface area contributed by atoms with Crippen molar-refractivity contribution in [1.29, 1.82) is 0 Å². The quantitative estimate of drug-likeness (QED) is 0.819. The average Bonchev–Trinajstić information content (AvgIpc) is 3.26. The molecule has 2 amide bonds. The summed E-state index contributed by atoms with van der Waals surface area (Å²) in [5.74, 6) is -2.28. The van der Waals surface area contributed by atoms with Gasteiger partial charge in [0.15, 0.2) is 5.65 Å². The molecule has 0 radical (unpaired) electrons. The van der Waals surface area contributed by atoms with E-state index in [9.17, 15) is 13.6 Å². The Morgan fingerprint density at radius 1 is 1.39 bits per heavy atom. The van der Waals surface area contributed by atoms with Gasteiger partial charge in [-0.3, -0.25) is 0 Å². The molecule has 1 atom stereocenters. The molecular weight excluding hydrogens is 368 g/mol. The molecule has 1 saturated carbocycles. The monoisotopic (exact) mass is 393 g/mol. The number of halogens is 2. The molecule has 2 aromatic heterocycles. The largest absolute Gasteiger partial charge is 0.382 e. The van der Waals surface area contributed by atoms with E-state index in [1.807, 2.05) is 12.3 Å². The summed E-state index contributed by atoms with van der Waals surface area (Å²) >= 11 is 0. The third kappa shape index (κ3) is 3.94. The highest BCUT2D eigenvalue weighted by molar-refractivity contribution is 5.76. The minimum atomic E-state index is -2.51. The van der Waals surface area contributed by atoms with Gasteiger partial charge in [0.2, 0.25) is 5.92 Å². The smallest absolute Gasteiger partial charge is 0.318 e. The van der Waals surface area contributed by atoms with E-state index in [0.717, 1.165) is 11.3 Å². The second-order valence-corrected chi connectivity index (χ2v) is 7.72. The second-order valence-electron chi connectivity index (χ2n) is 7.72. The molecule has 1 unspecified atom stereocenters. The van der Waals surface area contributed by atoms with Gasteiger partial charge in [-0.25, -0.2) is 23.1 Å². The number of nitrogens with zero attached hydrogens (tertiary/aromatic N) is 4. The molecule has 1 saturated heterocycles. The Hall–Kier alpha value is -2.29. The van der Waals surface area contributed by atoms with Gasteiger partial charge >= 0.3 is 6.03 Å². The van der Waals surface area contributed by atoms with Gasteiger partial charge in [-0.2, -0.15) is 5.10 Å². The first-order chi connectivity index (χ1) is 13.4. The number of ether oxygens (including phenoxy) is 1. The van der Waals surface area contributed by atoms with Crippen LogP contribution in [0.15, 0.2) is 18.5 Å². The fraction of sp³-hybridized carbons (Fsp3) is 0.632. The molecule has 1 aliphatic heterocycles. The number of hydrogen-bond acceptors (Lipinski definition) is 4. The zero-order chi connectivity index (χ0) is 19.7. The van der Waals surface area contributed by atoms with Gasteiger partial charge in [0.1, 0.15) is 0 Å². The van der Waals surface area contributed by atoms with Crippen LogP contribution in [0.1, 0.15) is 43.0 Å². The van der Waals surface area contributed by atoms with Gasteiger partial charge in [-0.15, -0.1) is 0 Å². The highest BCUT2D eigenvalue weighted by Crippen LogP contribution is 2.37. The summed E-state index contributed by atoms with van der Waals surface area (Å²) in [5, 5.41) is 7.25. The number of fused-ring (bicyclic) bond motifs is 1. The van der Waals surface area contributed by atoms with Crippen molar-refractivity contribution < 1.29 is 18.3 Å². The molecule has 7 nitrogen and oxygen atoms in total. The highest BCUT2D eigenvalue weighted by atomic mass is 19.3. The summed E-state index contributed by atoms with van der Waals surface area (Å²) in [7, 11) is 1.61. The molecule has 0 aromatic carbocycles. The number of hydrogen-bond donors (Lipinski definition) is 1. The van der Waals surface area contributed by atoms with Crippen LogP contribution in [0.25, 0.3) is 5.65 Å². The number of alkyl halides is 2. The Balaban J connectivity index is 1.51. The summed E-state index contributed by atoms with van der Waals surface area (Å²) < 4.78 is 33.7. The minimum Gasteiger partial charge on any atom is -0.382 e. The van der Waals surface area contributed by atoms with Crippen molar-refractivity contribution >= 4 is 11.7 Å². The van der Waals surface area contributed by atoms with Crippen LogP contribution in [0.4, 0.5) is 13.6 Å². The number of methoxy groups -OCH3 is 1. The second kappa shape index (κ2) is 7.62. The Labute approximate surface area is 162 Å². The summed E-state index contributed by atoms with van der Waals surface area (Å²) in [4.78, 5) is 18.4. The van der Waals surface area contributed by atoms with E-state index < -0.39 is 5.92 Å². The molecule has 28 heavy (non-hydrogen) atoms. The van der Waals surface area contributed by atoms with E-state index in [2.05, 4.69) is 15.4 Å². The van der Waals surface area contributed by atoms with Crippen molar-refractivity contribution in [2.75, 3.05) is 26.8 Å². The number of imidazole rings is 1. The maximum absolute atomic E-state index is 13.4. The highest BCUT2D eigenvalue weighted by Gasteiger charge is 2.35. The SMILES string of the molecule is COCC(c1cnn2cc(CC3CCC(F)(F)CC3)nc2c1)N1CCNC1=O. The van der Waals surface area contributed by atoms with Crippen molar-refractivity contribution in [2.45, 2.75) is 44.1 Å². The van der Waals surface area contributed by atoms with Crippen molar-refractivity contribution in [3.63, 3.8) is 0 Å². The maximum Gasteiger partial charge on any atom is 0.318 e. The third-order valence-corrected chi connectivity index (χ3v) is 5.70. The fourth-order valence-corrected chi connectivity index (χ4v) is 4.13. The lowest BCUT2D eigenvalue weighted by atomic mass is 9.84. The molecule has 4 rings (SSSR count). The molecule has 2 aliphatic rings. The Kier molecular flexibility index (Phi) is 5.18. The number of urea groups is 1. The number of carbonyl (C=O) groups is 1. The summed E-state index contributed by atoms with van der Waals surface area (Å²) in [6.07, 6.45) is 5.26. The van der Waals surface area contributed by atoms with Crippen LogP contribution in [0.2, 0.25) is 0 Å². The van der Waals surface area contributed by atoms with Gasteiger partial charge in [-0.1, -0.05) is 0 Å². The predicted molar refractivity (Wildman–Crippen MR) is 98.3 cm³/mol. The molecule has 1 N–H and O–H groups in total. The topological polar surface area (TPSA) is 71.8 Å². The van der Waals surface area contributed by atoms with Crippen molar-refractivity contribution in [3.05, 3.63) is 29.7 Å². The first-order valence-corrected chi connectivity index (χ1v) is 9.70. The van der Waals surface area contributed by atoms with E-state index in [1.54, 1.807) is 22.7 Å². The van der Waals surface area contributed by atoms with Gasteiger partial charge < -0.3 is 15.0 Å². The summed E-state index contributed by atoms with van der Waals surface area (Å²) in [6.45, 7) is 1.60. The number of amides is 2. The molecule has 152 valence electrons. The molecule has 3 heterocycles. The van der Waals surface area contributed by atoms with Gasteiger partial charge in [-0.05, 0) is 31.2 Å². The first-order valence-electron chi connectivity index (χ1n) is 9.70. The number of aromatic nitrogens is 3. The van der Waals surface area contributed by atoms with Crippen molar-refractivity contribution in [1.82, 2.24) is 24.8 Å². The van der Waals surface area contributed by atoms with Crippen LogP contribution in [-0.2, 0) is 11.2 Å². The van der Waals surface area contributed by atoms with E-state index >= 15 is 0 Å². The molecule has 2 fully saturated rings. The average molecular weight is 393 g/mol. The lowest BCUT2D eigenvalue weighted by Crippen LogP contribution is -2.34. The van der Waals surface area contributed by atoms with E-state index in [-0.39, 0.29) is 30.8 Å². The van der Waals surface area contributed by atoms with Gasteiger partial charge in [0, 0.05) is 38.6 Å². The summed E-state index contributed by atoms with van der Waals surface area (Å²) in [5.41, 5.74) is 2.41. The molecule has 2 aromatic rings. The number of nitrogens with one attached hydrogen (secondary N) is 1. The number of rotatable bonds is 6. The molecule has 0 bridgehead atoms. The molecule has 0 spiro atoms. The Bertz CT molecular complexity index is 846. The van der Waals surface area contributed by atoms with Crippen LogP contribution in [0, 0.1) is 5.92 Å². The first kappa shape index (κ1) is 19.0. The maximum atomic E-state index is 13.4. The standard InChI is InChI=1S/C19H25F2N5O2/c1-28-12-16(25-7-6-22-18(25)27)14-9-17-24-15(11-26(17)23-10-14)8-13-2-4-19(20,21)5-3-13/h9-11,13,16H,2-8,12H2,1H3,(H,22,27). The van der Waals surface area contributed by atoms with Crippen LogP contribution in [-0.4, -0.2) is 58.3 Å². The normalized spacial score (nSPS) is 21.2. The molecule has 1 aliphatic carbocycles. The third-order valence-electron chi connectivity index (χ3n) is 5.70. The molecular formula is C19H25F2N5O2. The molecule has 9 heteroatoms. The zero-order valence-electron chi connectivity index (χ0n) is 15.9. The minimum absolute atomic E-state index is 0.0377. The van der Waals surface area contributed by atoms with Gasteiger partial charge in [0.05, 0.1) is 30.7 Å². The van der Waals surface area contributed by atoms with E-state index in [0.29, 0.717) is 44.6 Å². The Morgan fingerprint density at radius 3 is 2.86 bits per heavy atom. The van der Waals surface area contributed by atoms with Crippen LogP contribution in [0.5, 0.6) is 0 Å². The van der Waals surface area contributed by atoms with E-state index in [4.69, 9.17) is 4.74 Å². The van der Waals surface area contributed by atoms with E-state index in [1.165, 1.54) is 0 Å².